The molecule has 0 radical (unpaired) electrons. The Kier molecular flexibility index (Phi) is 5.12. The lowest BCUT2D eigenvalue weighted by molar-refractivity contribution is 0.170. The largest absolute Gasteiger partial charge is 0.486 e. The molecule has 1 saturated carbocycles. The molecule has 0 amide bonds. The quantitative estimate of drug-likeness (QED) is 0.602. The summed E-state index contributed by atoms with van der Waals surface area (Å²) in [6.07, 6.45) is 4.38. The minimum atomic E-state index is -3.29. The molecule has 33 heavy (non-hydrogen) atoms. The molecule has 2 unspecified atom stereocenters. The highest BCUT2D eigenvalue weighted by atomic mass is 32.2. The minimum Gasteiger partial charge on any atom is -0.486 e. The van der Waals surface area contributed by atoms with Crippen molar-refractivity contribution in [2.45, 2.75) is 43.1 Å². The van der Waals surface area contributed by atoms with E-state index in [9.17, 15) is 8.42 Å². The second-order valence-corrected chi connectivity index (χ2v) is 11.3. The number of hydrogen-bond donors (Lipinski definition) is 1. The summed E-state index contributed by atoms with van der Waals surface area (Å²) in [5, 5.41) is 1.01. The number of nitrogens with one attached hydrogen (secondary N) is 1. The van der Waals surface area contributed by atoms with Crippen LogP contribution in [-0.4, -0.2) is 48.9 Å². The van der Waals surface area contributed by atoms with Gasteiger partial charge in [-0.1, -0.05) is 18.2 Å². The molecule has 1 saturated heterocycles. The van der Waals surface area contributed by atoms with Crippen molar-refractivity contribution in [2.75, 3.05) is 19.8 Å². The second kappa shape index (κ2) is 8.04. The van der Waals surface area contributed by atoms with Gasteiger partial charge in [0, 0.05) is 43.3 Å². The van der Waals surface area contributed by atoms with E-state index in [1.807, 2.05) is 12.1 Å². The van der Waals surface area contributed by atoms with Crippen LogP contribution in [0.1, 0.15) is 36.4 Å². The molecule has 3 aliphatic rings. The Morgan fingerprint density at radius 2 is 1.85 bits per heavy atom. The summed E-state index contributed by atoms with van der Waals surface area (Å²) in [6, 6.07) is 14.3. The predicted octanol–water partition coefficient (Wildman–Crippen LogP) is 3.35. The van der Waals surface area contributed by atoms with Crippen molar-refractivity contribution < 1.29 is 17.9 Å². The smallest absolute Gasteiger partial charge is 0.214 e. The molecule has 2 fully saturated rings. The van der Waals surface area contributed by atoms with Gasteiger partial charge in [0.1, 0.15) is 13.2 Å². The highest BCUT2D eigenvalue weighted by Gasteiger charge is 2.42. The first-order chi connectivity index (χ1) is 16.0. The van der Waals surface area contributed by atoms with Crippen LogP contribution < -0.4 is 14.2 Å². The highest BCUT2D eigenvalue weighted by molar-refractivity contribution is 7.90. The zero-order chi connectivity index (χ0) is 22.6. The van der Waals surface area contributed by atoms with Crippen LogP contribution in [-0.2, 0) is 23.6 Å². The second-order valence-electron chi connectivity index (χ2n) is 9.35. The number of rotatable bonds is 6. The van der Waals surface area contributed by atoms with E-state index >= 15 is 0 Å². The van der Waals surface area contributed by atoms with E-state index in [0.29, 0.717) is 13.2 Å². The van der Waals surface area contributed by atoms with Gasteiger partial charge < -0.3 is 14.0 Å². The van der Waals surface area contributed by atoms with Gasteiger partial charge in [-0.15, -0.1) is 0 Å². The van der Waals surface area contributed by atoms with Crippen molar-refractivity contribution in [3.8, 4) is 11.5 Å². The number of ether oxygens (including phenoxy) is 2. The van der Waals surface area contributed by atoms with Crippen LogP contribution in [0.4, 0.5) is 0 Å². The zero-order valence-electron chi connectivity index (χ0n) is 18.7. The average Bonchev–Trinajstić information content (AvgIpc) is 3.53. The summed E-state index contributed by atoms with van der Waals surface area (Å²) in [5.74, 6) is 1.48. The molecule has 0 spiro atoms. The molecule has 174 valence electrons. The van der Waals surface area contributed by atoms with E-state index in [-0.39, 0.29) is 17.3 Å². The Labute approximate surface area is 194 Å². The molecule has 0 bridgehead atoms. The molecule has 8 heteroatoms. The van der Waals surface area contributed by atoms with Crippen molar-refractivity contribution in [1.29, 1.82) is 0 Å². The molecular formula is C25H29N3O4S. The molecule has 2 atom stereocenters. The predicted molar refractivity (Wildman–Crippen MR) is 127 cm³/mol. The summed E-state index contributed by atoms with van der Waals surface area (Å²) >= 11 is 0. The first-order valence-corrected chi connectivity index (χ1v) is 13.2. The van der Waals surface area contributed by atoms with E-state index in [0.717, 1.165) is 49.4 Å². The Hall–Kier alpha value is -2.55. The molecule has 7 nitrogen and oxygen atoms in total. The Bertz CT molecular complexity index is 1300. The van der Waals surface area contributed by atoms with Gasteiger partial charge in [0.2, 0.25) is 10.0 Å². The molecule has 1 N–H and O–H groups in total. The summed E-state index contributed by atoms with van der Waals surface area (Å²) in [5.41, 5.74) is 3.51. The van der Waals surface area contributed by atoms with Gasteiger partial charge in [-0.05, 0) is 54.7 Å². The average molecular weight is 468 g/mol. The van der Waals surface area contributed by atoms with Crippen LogP contribution >= 0.6 is 0 Å². The normalized spacial score (nSPS) is 23.3. The number of sulfonamides is 1. The van der Waals surface area contributed by atoms with Gasteiger partial charge in [0.15, 0.2) is 11.5 Å². The third kappa shape index (κ3) is 3.90. The number of nitrogens with zero attached hydrogens (tertiary/aromatic N) is 2. The fraction of sp³-hybridized carbons (Fsp3) is 0.440. The van der Waals surface area contributed by atoms with Crippen LogP contribution in [0.5, 0.6) is 11.5 Å². The third-order valence-corrected chi connectivity index (χ3v) is 9.06. The Morgan fingerprint density at radius 1 is 1.03 bits per heavy atom. The fourth-order valence-corrected chi connectivity index (χ4v) is 6.87. The van der Waals surface area contributed by atoms with Gasteiger partial charge in [-0.25, -0.2) is 13.1 Å². The maximum Gasteiger partial charge on any atom is 0.214 e. The maximum absolute atomic E-state index is 12.8. The van der Waals surface area contributed by atoms with E-state index in [1.54, 1.807) is 0 Å². The number of aromatic nitrogens is 1. The van der Waals surface area contributed by atoms with Gasteiger partial charge in [-0.3, -0.25) is 4.90 Å². The van der Waals surface area contributed by atoms with Crippen molar-refractivity contribution >= 4 is 20.9 Å². The fourth-order valence-electron chi connectivity index (χ4n) is 5.25. The molecule has 3 aromatic rings. The number of hydrogen-bond acceptors (Lipinski definition) is 5. The molecule has 6 rings (SSSR count). The number of fused-ring (bicyclic) bond motifs is 2. The molecule has 3 heterocycles. The molecular weight excluding hydrogens is 438 g/mol. The minimum absolute atomic E-state index is 0.0756. The summed E-state index contributed by atoms with van der Waals surface area (Å²) in [7, 11) is -1.23. The monoisotopic (exact) mass is 467 g/mol. The SMILES string of the molecule is Cn1ccc2c(CN3CCC(NS(=O)(=O)C4CC4)C3c3ccc4c(c3)OCCO4)cccc21. The van der Waals surface area contributed by atoms with Crippen LogP contribution in [0.3, 0.4) is 0 Å². The van der Waals surface area contributed by atoms with Crippen molar-refractivity contribution in [2.24, 2.45) is 7.05 Å². The van der Waals surface area contributed by atoms with Crippen molar-refractivity contribution in [1.82, 2.24) is 14.2 Å². The van der Waals surface area contributed by atoms with Crippen molar-refractivity contribution in [3.63, 3.8) is 0 Å². The lowest BCUT2D eigenvalue weighted by Crippen LogP contribution is -2.41. The molecule has 1 aliphatic carbocycles. The van der Waals surface area contributed by atoms with E-state index in [4.69, 9.17) is 9.47 Å². The standard InChI is InChI=1S/C25H29N3O4S/c1-27-11-9-20-18(3-2-4-22(20)27)16-28-12-10-21(26-33(29,30)19-6-7-19)25(28)17-5-8-23-24(15-17)32-14-13-31-23/h2-5,8-9,11,15,19,21,25-26H,6-7,10,12-14,16H2,1H3. The van der Waals surface area contributed by atoms with E-state index < -0.39 is 10.0 Å². The van der Waals surface area contributed by atoms with Gasteiger partial charge in [0.25, 0.3) is 0 Å². The highest BCUT2D eigenvalue weighted by Crippen LogP contribution is 2.40. The van der Waals surface area contributed by atoms with E-state index in [1.165, 1.54) is 16.5 Å². The zero-order valence-corrected chi connectivity index (χ0v) is 19.6. The Morgan fingerprint density at radius 3 is 2.67 bits per heavy atom. The first-order valence-electron chi connectivity index (χ1n) is 11.7. The van der Waals surface area contributed by atoms with Crippen LogP contribution in [0, 0.1) is 0 Å². The van der Waals surface area contributed by atoms with E-state index in [2.05, 4.69) is 57.8 Å². The van der Waals surface area contributed by atoms with Gasteiger partial charge >= 0.3 is 0 Å². The Balaban J connectivity index is 1.35. The van der Waals surface area contributed by atoms with Gasteiger partial charge in [0.05, 0.1) is 11.3 Å². The van der Waals surface area contributed by atoms with Crippen molar-refractivity contribution in [3.05, 3.63) is 59.8 Å². The molecule has 2 aromatic carbocycles. The third-order valence-electron chi connectivity index (χ3n) is 7.08. The lowest BCUT2D eigenvalue weighted by Gasteiger charge is -2.30. The van der Waals surface area contributed by atoms with Gasteiger partial charge in [-0.2, -0.15) is 0 Å². The topological polar surface area (TPSA) is 72.8 Å². The molecule has 2 aliphatic heterocycles. The van der Waals surface area contributed by atoms with Crippen LogP contribution in [0.2, 0.25) is 0 Å². The maximum atomic E-state index is 12.8. The van der Waals surface area contributed by atoms with Crippen LogP contribution in [0.25, 0.3) is 10.9 Å². The number of likely N-dealkylation sites (tertiary alicyclic amines) is 1. The number of aryl methyl sites for hydroxylation is 1. The first kappa shape index (κ1) is 21.0. The lowest BCUT2D eigenvalue weighted by atomic mass is 9.99. The number of benzene rings is 2. The molecule has 1 aromatic heterocycles. The summed E-state index contributed by atoms with van der Waals surface area (Å²) in [6.45, 7) is 2.65. The summed E-state index contributed by atoms with van der Waals surface area (Å²) in [4.78, 5) is 2.40. The summed E-state index contributed by atoms with van der Waals surface area (Å²) < 4.78 is 42.4. The van der Waals surface area contributed by atoms with Crippen LogP contribution in [0.15, 0.2) is 48.7 Å².